The summed E-state index contributed by atoms with van der Waals surface area (Å²) in [6.45, 7) is 0. The van der Waals surface area contributed by atoms with Crippen LogP contribution in [0.25, 0.3) is 0 Å². The van der Waals surface area contributed by atoms with E-state index in [1.54, 1.807) is 0 Å². The number of ether oxygens (including phenoxy) is 1. The SMILES string of the molecule is COC(=O)CCc1nc(Br)cs1. The Kier molecular flexibility index (Phi) is 3.68. The lowest BCUT2D eigenvalue weighted by atomic mass is 10.3. The molecule has 0 aliphatic rings. The molecular weight excluding hydrogens is 242 g/mol. The molecule has 12 heavy (non-hydrogen) atoms. The second kappa shape index (κ2) is 4.57. The third-order valence-electron chi connectivity index (χ3n) is 1.29. The molecule has 1 rings (SSSR count). The number of thiazole rings is 1. The predicted octanol–water partition coefficient (Wildman–Crippen LogP) is 2.01. The molecule has 66 valence electrons. The summed E-state index contributed by atoms with van der Waals surface area (Å²) in [7, 11) is 1.39. The average Bonchev–Trinajstić information content (AvgIpc) is 2.47. The van der Waals surface area contributed by atoms with E-state index in [9.17, 15) is 4.79 Å². The standard InChI is InChI=1S/C7H8BrNO2S/c1-11-7(10)3-2-6-9-5(8)4-12-6/h4H,2-3H2,1H3. The van der Waals surface area contributed by atoms with Crippen LogP contribution in [0.15, 0.2) is 9.98 Å². The van der Waals surface area contributed by atoms with E-state index in [1.807, 2.05) is 5.38 Å². The monoisotopic (exact) mass is 249 g/mol. The summed E-state index contributed by atoms with van der Waals surface area (Å²) in [5.74, 6) is -0.193. The van der Waals surface area contributed by atoms with Crippen molar-refractivity contribution >= 4 is 33.2 Å². The highest BCUT2D eigenvalue weighted by Gasteiger charge is 2.04. The van der Waals surface area contributed by atoms with Gasteiger partial charge in [0.15, 0.2) is 0 Å². The van der Waals surface area contributed by atoms with Gasteiger partial charge in [-0.05, 0) is 15.9 Å². The summed E-state index contributed by atoms with van der Waals surface area (Å²) in [5.41, 5.74) is 0. The molecule has 0 unspecified atom stereocenters. The van der Waals surface area contributed by atoms with Gasteiger partial charge in [0.2, 0.25) is 0 Å². The van der Waals surface area contributed by atoms with Gasteiger partial charge < -0.3 is 4.74 Å². The minimum absolute atomic E-state index is 0.193. The summed E-state index contributed by atoms with van der Waals surface area (Å²) in [6.07, 6.45) is 1.05. The topological polar surface area (TPSA) is 39.2 Å². The molecule has 0 amide bonds. The first-order valence-corrected chi connectivity index (χ1v) is 5.06. The van der Waals surface area contributed by atoms with Crippen molar-refractivity contribution in [3.05, 3.63) is 15.0 Å². The number of rotatable bonds is 3. The van der Waals surface area contributed by atoms with Gasteiger partial charge in [0.05, 0.1) is 18.5 Å². The third-order valence-corrected chi connectivity index (χ3v) is 2.91. The number of hydrogen-bond acceptors (Lipinski definition) is 4. The molecule has 1 aromatic heterocycles. The molecule has 1 aromatic rings. The Morgan fingerprint density at radius 1 is 1.83 bits per heavy atom. The number of carbonyl (C=O) groups is 1. The fraction of sp³-hybridized carbons (Fsp3) is 0.429. The van der Waals surface area contributed by atoms with E-state index < -0.39 is 0 Å². The van der Waals surface area contributed by atoms with Crippen molar-refractivity contribution in [2.75, 3.05) is 7.11 Å². The Morgan fingerprint density at radius 2 is 2.58 bits per heavy atom. The van der Waals surface area contributed by atoms with Crippen molar-refractivity contribution < 1.29 is 9.53 Å². The van der Waals surface area contributed by atoms with Crippen LogP contribution >= 0.6 is 27.3 Å². The van der Waals surface area contributed by atoms with Crippen LogP contribution < -0.4 is 0 Å². The first-order chi connectivity index (χ1) is 5.72. The molecule has 0 aliphatic heterocycles. The number of hydrogen-bond donors (Lipinski definition) is 0. The molecule has 0 radical (unpaired) electrons. The number of aromatic nitrogens is 1. The second-order valence-electron chi connectivity index (χ2n) is 2.14. The summed E-state index contributed by atoms with van der Waals surface area (Å²) in [6, 6.07) is 0. The van der Waals surface area contributed by atoms with E-state index >= 15 is 0 Å². The number of aryl methyl sites for hydroxylation is 1. The molecule has 1 heterocycles. The predicted molar refractivity (Wildman–Crippen MR) is 50.2 cm³/mol. The zero-order chi connectivity index (χ0) is 8.97. The number of halogens is 1. The Bertz CT molecular complexity index is 274. The van der Waals surface area contributed by atoms with Crippen LogP contribution in [-0.4, -0.2) is 18.1 Å². The molecule has 0 atom stereocenters. The van der Waals surface area contributed by atoms with Gasteiger partial charge in [0.1, 0.15) is 4.60 Å². The van der Waals surface area contributed by atoms with Gasteiger partial charge in [0, 0.05) is 11.8 Å². The van der Waals surface area contributed by atoms with Crippen molar-refractivity contribution in [2.24, 2.45) is 0 Å². The first-order valence-electron chi connectivity index (χ1n) is 3.39. The van der Waals surface area contributed by atoms with Crippen molar-refractivity contribution in [1.82, 2.24) is 4.98 Å². The van der Waals surface area contributed by atoms with Gasteiger partial charge in [-0.2, -0.15) is 0 Å². The van der Waals surface area contributed by atoms with E-state index in [-0.39, 0.29) is 5.97 Å². The molecule has 0 aliphatic carbocycles. The largest absolute Gasteiger partial charge is 0.469 e. The van der Waals surface area contributed by atoms with Gasteiger partial charge >= 0.3 is 5.97 Å². The molecule has 0 N–H and O–H groups in total. The van der Waals surface area contributed by atoms with Gasteiger partial charge in [-0.15, -0.1) is 11.3 Å². The van der Waals surface area contributed by atoms with Crippen molar-refractivity contribution in [2.45, 2.75) is 12.8 Å². The summed E-state index contributed by atoms with van der Waals surface area (Å²) in [5, 5.41) is 2.85. The fourth-order valence-corrected chi connectivity index (χ4v) is 1.98. The Balaban J connectivity index is 2.38. The molecule has 5 heteroatoms. The third kappa shape index (κ3) is 2.91. The maximum Gasteiger partial charge on any atom is 0.305 e. The average molecular weight is 250 g/mol. The van der Waals surface area contributed by atoms with E-state index in [2.05, 4.69) is 25.7 Å². The van der Waals surface area contributed by atoms with Crippen molar-refractivity contribution in [3.63, 3.8) is 0 Å². The van der Waals surface area contributed by atoms with Crippen LogP contribution in [0.4, 0.5) is 0 Å². The normalized spacial score (nSPS) is 9.83. The smallest absolute Gasteiger partial charge is 0.305 e. The molecule has 0 saturated heterocycles. The highest BCUT2D eigenvalue weighted by Crippen LogP contribution is 2.16. The number of methoxy groups -OCH3 is 1. The van der Waals surface area contributed by atoms with Crippen LogP contribution in [0.2, 0.25) is 0 Å². The van der Waals surface area contributed by atoms with Gasteiger partial charge in [0.25, 0.3) is 0 Å². The van der Waals surface area contributed by atoms with Gasteiger partial charge in [-0.25, -0.2) is 4.98 Å². The van der Waals surface area contributed by atoms with Crippen LogP contribution in [0.3, 0.4) is 0 Å². The summed E-state index contributed by atoms with van der Waals surface area (Å²) in [4.78, 5) is 14.9. The minimum Gasteiger partial charge on any atom is -0.469 e. The highest BCUT2D eigenvalue weighted by atomic mass is 79.9. The lowest BCUT2D eigenvalue weighted by Crippen LogP contribution is -2.01. The zero-order valence-corrected chi connectivity index (χ0v) is 8.94. The molecule has 0 fully saturated rings. The summed E-state index contributed by atoms with van der Waals surface area (Å²) >= 11 is 4.78. The first kappa shape index (κ1) is 9.67. The van der Waals surface area contributed by atoms with E-state index in [0.29, 0.717) is 12.8 Å². The van der Waals surface area contributed by atoms with Crippen LogP contribution in [0.5, 0.6) is 0 Å². The van der Waals surface area contributed by atoms with Gasteiger partial charge in [-0.3, -0.25) is 4.79 Å². The molecule has 0 saturated carbocycles. The fourth-order valence-electron chi connectivity index (χ4n) is 0.714. The zero-order valence-electron chi connectivity index (χ0n) is 6.54. The molecule has 0 aromatic carbocycles. The van der Waals surface area contributed by atoms with Gasteiger partial charge in [-0.1, -0.05) is 0 Å². The van der Waals surface area contributed by atoms with E-state index in [0.717, 1.165) is 9.61 Å². The van der Waals surface area contributed by atoms with Crippen LogP contribution in [0, 0.1) is 0 Å². The minimum atomic E-state index is -0.193. The second-order valence-corrected chi connectivity index (χ2v) is 3.90. The molecule has 3 nitrogen and oxygen atoms in total. The quantitative estimate of drug-likeness (QED) is 0.770. The Hall–Kier alpha value is -0.420. The lowest BCUT2D eigenvalue weighted by molar-refractivity contribution is -0.140. The van der Waals surface area contributed by atoms with Crippen molar-refractivity contribution in [3.8, 4) is 0 Å². The lowest BCUT2D eigenvalue weighted by Gasteiger charge is -1.94. The molecule has 0 bridgehead atoms. The maximum absolute atomic E-state index is 10.7. The van der Waals surface area contributed by atoms with Crippen molar-refractivity contribution in [1.29, 1.82) is 0 Å². The Labute approximate surface area is 82.9 Å². The number of esters is 1. The van der Waals surface area contributed by atoms with E-state index in [4.69, 9.17) is 0 Å². The highest BCUT2D eigenvalue weighted by molar-refractivity contribution is 9.10. The maximum atomic E-state index is 10.7. The molecular formula is C7H8BrNO2S. The molecule has 0 spiro atoms. The van der Waals surface area contributed by atoms with E-state index in [1.165, 1.54) is 18.4 Å². The summed E-state index contributed by atoms with van der Waals surface area (Å²) < 4.78 is 5.33. The van der Waals surface area contributed by atoms with Crippen LogP contribution in [0.1, 0.15) is 11.4 Å². The number of nitrogens with zero attached hydrogens (tertiary/aromatic N) is 1. The van der Waals surface area contributed by atoms with Crippen LogP contribution in [-0.2, 0) is 16.0 Å². The number of carbonyl (C=O) groups excluding carboxylic acids is 1. The Morgan fingerprint density at radius 3 is 3.08 bits per heavy atom.